The van der Waals surface area contributed by atoms with Gasteiger partial charge in [0, 0.05) is 19.0 Å². The number of aromatic nitrogens is 1. The zero-order valence-corrected chi connectivity index (χ0v) is 15.0. The first kappa shape index (κ1) is 17.5. The quantitative estimate of drug-likeness (QED) is 0.844. The highest BCUT2D eigenvalue weighted by Crippen LogP contribution is 2.22. The summed E-state index contributed by atoms with van der Waals surface area (Å²) in [5, 5.41) is 2.90. The Balaban J connectivity index is 1.33. The molecule has 2 aliphatic rings. The zero-order valence-electron chi connectivity index (χ0n) is 15.0. The Morgan fingerprint density at radius 3 is 2.81 bits per heavy atom. The van der Waals surface area contributed by atoms with Gasteiger partial charge in [-0.05, 0) is 18.2 Å². The third-order valence-corrected chi connectivity index (χ3v) is 4.93. The summed E-state index contributed by atoms with van der Waals surface area (Å²) < 4.78 is 10.6. The number of H-pyrrole nitrogens is 1. The summed E-state index contributed by atoms with van der Waals surface area (Å²) in [5.41, 5.74) is 0.689. The Morgan fingerprint density at radius 1 is 1.26 bits per heavy atom. The Bertz CT molecular complexity index is 785. The van der Waals surface area contributed by atoms with E-state index >= 15 is 0 Å². The average Bonchev–Trinajstić information content (AvgIpc) is 3.34. The maximum Gasteiger partial charge on any atom is 0.274 e. The van der Waals surface area contributed by atoms with Crippen LogP contribution in [0.2, 0.25) is 0 Å². The molecule has 0 bridgehead atoms. The molecule has 0 spiro atoms. The van der Waals surface area contributed by atoms with E-state index in [1.54, 1.807) is 23.4 Å². The van der Waals surface area contributed by atoms with Gasteiger partial charge >= 0.3 is 0 Å². The number of hydrogen-bond acceptors (Lipinski definition) is 5. The van der Waals surface area contributed by atoms with Crippen LogP contribution in [0.1, 0.15) is 12.2 Å². The van der Waals surface area contributed by atoms with Gasteiger partial charge in [-0.1, -0.05) is 0 Å². The largest absolute Gasteiger partial charge is 0.467 e. The first-order chi connectivity index (χ1) is 13.2. The predicted molar refractivity (Wildman–Crippen MR) is 96.9 cm³/mol. The lowest BCUT2D eigenvalue weighted by Crippen LogP contribution is -2.39. The van der Waals surface area contributed by atoms with Gasteiger partial charge < -0.3 is 19.4 Å². The van der Waals surface area contributed by atoms with Crippen molar-refractivity contribution in [1.82, 2.24) is 4.90 Å². The van der Waals surface area contributed by atoms with Gasteiger partial charge in [0.05, 0.1) is 37.6 Å². The van der Waals surface area contributed by atoms with E-state index in [-0.39, 0.29) is 24.2 Å². The van der Waals surface area contributed by atoms with Crippen molar-refractivity contribution < 1.29 is 23.7 Å². The summed E-state index contributed by atoms with van der Waals surface area (Å²) in [6.45, 7) is 3.93. The summed E-state index contributed by atoms with van der Waals surface area (Å²) in [5.74, 6) is 1.19. The summed E-state index contributed by atoms with van der Waals surface area (Å²) >= 11 is 0. The van der Waals surface area contributed by atoms with E-state index in [2.05, 4.69) is 15.2 Å². The van der Waals surface area contributed by atoms with Crippen LogP contribution in [0.15, 0.2) is 41.1 Å². The van der Waals surface area contributed by atoms with E-state index < -0.39 is 0 Å². The molecule has 1 atom stereocenters. The number of furan rings is 1. The molecule has 2 aromatic rings. The number of hydrogen-bond donors (Lipinski definition) is 1. The molecule has 0 aromatic carbocycles. The number of carbonyl (C=O) groups is 2. The minimum absolute atomic E-state index is 0.0271. The molecule has 2 fully saturated rings. The van der Waals surface area contributed by atoms with Crippen molar-refractivity contribution in [2.24, 2.45) is 5.92 Å². The van der Waals surface area contributed by atoms with Crippen molar-refractivity contribution in [3.8, 4) is 0 Å². The van der Waals surface area contributed by atoms with E-state index in [4.69, 9.17) is 9.15 Å². The van der Waals surface area contributed by atoms with Crippen LogP contribution >= 0.6 is 0 Å². The number of pyridine rings is 1. The molecule has 8 nitrogen and oxygen atoms in total. The molecule has 2 N–H and O–H groups in total. The van der Waals surface area contributed by atoms with Gasteiger partial charge in [-0.15, -0.1) is 0 Å². The van der Waals surface area contributed by atoms with Crippen molar-refractivity contribution in [1.29, 1.82) is 0 Å². The Hall–Kier alpha value is -2.87. The second-order valence-corrected chi connectivity index (χ2v) is 6.81. The molecule has 2 saturated heterocycles. The van der Waals surface area contributed by atoms with E-state index in [0.717, 1.165) is 37.9 Å². The van der Waals surface area contributed by atoms with E-state index in [9.17, 15) is 9.59 Å². The first-order valence-electron chi connectivity index (χ1n) is 9.14. The minimum Gasteiger partial charge on any atom is -0.467 e. The zero-order chi connectivity index (χ0) is 18.6. The number of likely N-dealkylation sites (tertiary alicyclic amines) is 1. The highest BCUT2D eigenvalue weighted by Gasteiger charge is 2.34. The van der Waals surface area contributed by atoms with Gasteiger partial charge in [-0.2, -0.15) is 0 Å². The fourth-order valence-electron chi connectivity index (χ4n) is 3.43. The second kappa shape index (κ2) is 7.79. The molecule has 4 heterocycles. The van der Waals surface area contributed by atoms with Crippen LogP contribution in [0.5, 0.6) is 0 Å². The predicted octanol–water partition coefficient (Wildman–Crippen LogP) is 0.918. The molecule has 0 unspecified atom stereocenters. The molecule has 2 amide bonds. The fourth-order valence-corrected chi connectivity index (χ4v) is 3.43. The van der Waals surface area contributed by atoms with Crippen molar-refractivity contribution >= 4 is 23.3 Å². The molecule has 0 saturated carbocycles. The standard InChI is InChI=1S/C19H22N4O4/c24-18-10-14(12-23(18)13-16-2-1-7-27-16)19(25)21-15-3-4-17(20-11-15)22-5-8-26-9-6-22/h1-4,7,11,14H,5-6,8-10,12-13H2,(H,21,25)/p+1/t14-/m1/s1. The van der Waals surface area contributed by atoms with Gasteiger partial charge in [0.15, 0.2) is 0 Å². The van der Waals surface area contributed by atoms with E-state index in [0.29, 0.717) is 18.8 Å². The molecular formula is C19H23N4O4+. The molecule has 0 radical (unpaired) electrons. The normalized spacial score (nSPS) is 20.1. The Labute approximate surface area is 157 Å². The SMILES string of the molecule is O=C(Nc1ccc(N2CCOCC2)[nH+]c1)[C@@H]1CC(=O)N(Cc2ccco2)C1. The van der Waals surface area contributed by atoms with Crippen LogP contribution in [0.3, 0.4) is 0 Å². The van der Waals surface area contributed by atoms with Crippen LogP contribution in [0, 0.1) is 5.92 Å². The molecular weight excluding hydrogens is 348 g/mol. The van der Waals surface area contributed by atoms with Crippen LogP contribution in [-0.4, -0.2) is 49.6 Å². The molecule has 27 heavy (non-hydrogen) atoms. The lowest BCUT2D eigenvalue weighted by molar-refractivity contribution is -0.363. The van der Waals surface area contributed by atoms with Crippen LogP contribution in [-0.2, 0) is 20.9 Å². The van der Waals surface area contributed by atoms with Crippen molar-refractivity contribution in [3.63, 3.8) is 0 Å². The van der Waals surface area contributed by atoms with Crippen molar-refractivity contribution in [2.45, 2.75) is 13.0 Å². The smallest absolute Gasteiger partial charge is 0.274 e. The van der Waals surface area contributed by atoms with E-state index in [1.807, 2.05) is 18.2 Å². The molecule has 8 heteroatoms. The maximum absolute atomic E-state index is 12.5. The van der Waals surface area contributed by atoms with Crippen LogP contribution in [0.25, 0.3) is 0 Å². The second-order valence-electron chi connectivity index (χ2n) is 6.81. The van der Waals surface area contributed by atoms with Gasteiger partial charge in [0.2, 0.25) is 11.8 Å². The minimum atomic E-state index is -0.355. The number of anilines is 2. The summed E-state index contributed by atoms with van der Waals surface area (Å²) in [6, 6.07) is 7.43. The number of carbonyl (C=O) groups excluding carboxylic acids is 2. The summed E-state index contributed by atoms with van der Waals surface area (Å²) in [4.78, 5) is 31.8. The van der Waals surface area contributed by atoms with Gasteiger partial charge in [0.25, 0.3) is 5.82 Å². The lowest BCUT2D eigenvalue weighted by atomic mass is 10.1. The van der Waals surface area contributed by atoms with E-state index in [1.165, 1.54) is 0 Å². The highest BCUT2D eigenvalue weighted by atomic mass is 16.5. The maximum atomic E-state index is 12.5. The summed E-state index contributed by atoms with van der Waals surface area (Å²) in [6.07, 6.45) is 3.58. The molecule has 0 aliphatic carbocycles. The first-order valence-corrected chi connectivity index (χ1v) is 9.14. The van der Waals surface area contributed by atoms with Crippen LogP contribution < -0.4 is 15.2 Å². The number of morpholine rings is 1. The monoisotopic (exact) mass is 371 g/mol. The third-order valence-electron chi connectivity index (χ3n) is 4.93. The Morgan fingerprint density at radius 2 is 2.11 bits per heavy atom. The number of ether oxygens (including phenoxy) is 1. The molecule has 2 aromatic heterocycles. The van der Waals surface area contributed by atoms with Gasteiger partial charge in [-0.25, -0.2) is 4.98 Å². The number of nitrogens with zero attached hydrogens (tertiary/aromatic N) is 2. The molecule has 2 aliphatic heterocycles. The summed E-state index contributed by atoms with van der Waals surface area (Å²) in [7, 11) is 0. The number of nitrogens with one attached hydrogen (secondary N) is 2. The number of amides is 2. The van der Waals surface area contributed by atoms with Crippen molar-refractivity contribution in [2.75, 3.05) is 43.1 Å². The molecule has 4 rings (SSSR count). The van der Waals surface area contributed by atoms with Crippen LogP contribution in [0.4, 0.5) is 11.5 Å². The topological polar surface area (TPSA) is 89.2 Å². The number of rotatable bonds is 5. The van der Waals surface area contributed by atoms with Crippen molar-refractivity contribution in [3.05, 3.63) is 42.5 Å². The Kier molecular flexibility index (Phi) is 5.06. The highest BCUT2D eigenvalue weighted by molar-refractivity contribution is 5.97. The average molecular weight is 371 g/mol. The lowest BCUT2D eigenvalue weighted by Gasteiger charge is -2.21. The van der Waals surface area contributed by atoms with Gasteiger partial charge in [-0.3, -0.25) is 14.5 Å². The molecule has 142 valence electrons. The number of aromatic amines is 1. The van der Waals surface area contributed by atoms with Gasteiger partial charge in [0.1, 0.15) is 25.0 Å². The third kappa shape index (κ3) is 4.11. The fraction of sp³-hybridized carbons (Fsp3) is 0.421.